The fourth-order valence-electron chi connectivity index (χ4n) is 2.16. The number of hydrogen-bond donors (Lipinski definition) is 0. The average Bonchev–Trinajstić information content (AvgIpc) is 3.00. The van der Waals surface area contributed by atoms with Crippen molar-refractivity contribution in [3.63, 3.8) is 0 Å². The minimum absolute atomic E-state index is 0.219. The van der Waals surface area contributed by atoms with Crippen LogP contribution in [-0.2, 0) is 0 Å². The Balaban J connectivity index is 2.02. The van der Waals surface area contributed by atoms with Crippen LogP contribution in [0.15, 0.2) is 59.3 Å². The molecule has 6 nitrogen and oxygen atoms in total. The molecular formula is C16H16N4O2S. The number of aromatic nitrogens is 4. The Bertz CT molecular complexity index is 900. The normalized spacial score (nSPS) is 10.8. The van der Waals surface area contributed by atoms with Gasteiger partial charge in [-0.3, -0.25) is 13.8 Å². The van der Waals surface area contributed by atoms with Crippen molar-refractivity contribution in [1.82, 2.24) is 19.2 Å². The third kappa shape index (κ3) is 3.00. The lowest BCUT2D eigenvalue weighted by Crippen LogP contribution is -2.20. The minimum Gasteiger partial charge on any atom is -0.497 e. The third-order valence-corrected chi connectivity index (χ3v) is 4.30. The van der Waals surface area contributed by atoms with E-state index in [4.69, 9.17) is 4.74 Å². The Morgan fingerprint density at radius 1 is 1.35 bits per heavy atom. The van der Waals surface area contributed by atoms with Crippen molar-refractivity contribution < 1.29 is 4.74 Å². The van der Waals surface area contributed by atoms with Gasteiger partial charge in [-0.25, -0.2) is 0 Å². The quantitative estimate of drug-likeness (QED) is 0.395. The van der Waals surface area contributed by atoms with Gasteiger partial charge in [0, 0.05) is 24.2 Å². The molecule has 7 heteroatoms. The first-order valence-electron chi connectivity index (χ1n) is 7.09. The van der Waals surface area contributed by atoms with Crippen molar-refractivity contribution in [1.29, 1.82) is 0 Å². The van der Waals surface area contributed by atoms with E-state index < -0.39 is 0 Å². The maximum absolute atomic E-state index is 12.6. The molecule has 2 heterocycles. The molecule has 0 saturated carbocycles. The highest BCUT2D eigenvalue weighted by molar-refractivity contribution is 7.99. The zero-order valence-electron chi connectivity index (χ0n) is 12.7. The van der Waals surface area contributed by atoms with Crippen LogP contribution in [-0.4, -0.2) is 32.0 Å². The molecule has 0 spiro atoms. The maximum Gasteiger partial charge on any atom is 0.300 e. The zero-order valence-corrected chi connectivity index (χ0v) is 13.5. The van der Waals surface area contributed by atoms with Crippen molar-refractivity contribution in [2.45, 2.75) is 11.6 Å². The van der Waals surface area contributed by atoms with Crippen LogP contribution in [0.4, 0.5) is 0 Å². The zero-order chi connectivity index (χ0) is 16.2. The molecule has 0 radical (unpaired) electrons. The van der Waals surface area contributed by atoms with Gasteiger partial charge in [-0.1, -0.05) is 23.9 Å². The molecule has 0 aliphatic rings. The SMILES string of the molecule is C=CCCSc1nnc2c(=O)n(-c3cccc(OC)c3)ccn12. The summed E-state index contributed by atoms with van der Waals surface area (Å²) in [6.07, 6.45) is 6.24. The van der Waals surface area contributed by atoms with E-state index in [-0.39, 0.29) is 5.56 Å². The molecule has 0 saturated heterocycles. The van der Waals surface area contributed by atoms with Crippen LogP contribution in [0.2, 0.25) is 0 Å². The monoisotopic (exact) mass is 328 g/mol. The molecule has 118 valence electrons. The summed E-state index contributed by atoms with van der Waals surface area (Å²) in [6.45, 7) is 3.70. The largest absolute Gasteiger partial charge is 0.497 e. The molecule has 0 amide bonds. The summed E-state index contributed by atoms with van der Waals surface area (Å²) in [5.74, 6) is 1.54. The highest BCUT2D eigenvalue weighted by Crippen LogP contribution is 2.18. The summed E-state index contributed by atoms with van der Waals surface area (Å²) in [6, 6.07) is 7.31. The van der Waals surface area contributed by atoms with E-state index in [0.29, 0.717) is 16.6 Å². The number of allylic oxidation sites excluding steroid dienone is 1. The van der Waals surface area contributed by atoms with Crippen LogP contribution in [0.3, 0.4) is 0 Å². The van der Waals surface area contributed by atoms with Crippen LogP contribution in [0.1, 0.15) is 6.42 Å². The Morgan fingerprint density at radius 2 is 2.22 bits per heavy atom. The summed E-state index contributed by atoms with van der Waals surface area (Å²) < 4.78 is 8.45. The smallest absolute Gasteiger partial charge is 0.300 e. The van der Waals surface area contributed by atoms with Gasteiger partial charge in [0.1, 0.15) is 5.75 Å². The first-order chi connectivity index (χ1) is 11.2. The van der Waals surface area contributed by atoms with Gasteiger partial charge in [-0.2, -0.15) is 0 Å². The maximum atomic E-state index is 12.6. The number of benzene rings is 1. The molecule has 0 unspecified atom stereocenters. The molecule has 0 bridgehead atoms. The van der Waals surface area contributed by atoms with Gasteiger partial charge in [0.05, 0.1) is 12.8 Å². The molecule has 3 rings (SSSR count). The second kappa shape index (κ2) is 6.70. The second-order valence-electron chi connectivity index (χ2n) is 4.78. The minimum atomic E-state index is -0.219. The Hall–Kier alpha value is -2.54. The first kappa shape index (κ1) is 15.4. The van der Waals surface area contributed by atoms with Gasteiger partial charge < -0.3 is 4.74 Å². The van der Waals surface area contributed by atoms with Crippen LogP contribution in [0, 0.1) is 0 Å². The Labute approximate surface area is 137 Å². The van der Waals surface area contributed by atoms with Crippen LogP contribution >= 0.6 is 11.8 Å². The van der Waals surface area contributed by atoms with E-state index in [0.717, 1.165) is 17.9 Å². The van der Waals surface area contributed by atoms with Gasteiger partial charge in [0.25, 0.3) is 0 Å². The van der Waals surface area contributed by atoms with Crippen LogP contribution in [0.5, 0.6) is 5.75 Å². The fourth-order valence-corrected chi connectivity index (χ4v) is 3.01. The van der Waals surface area contributed by atoms with Gasteiger partial charge in [-0.05, 0) is 18.6 Å². The van der Waals surface area contributed by atoms with Gasteiger partial charge in [0.2, 0.25) is 5.65 Å². The van der Waals surface area contributed by atoms with E-state index in [1.165, 1.54) is 4.57 Å². The highest BCUT2D eigenvalue weighted by Gasteiger charge is 2.12. The van der Waals surface area contributed by atoms with Crippen molar-refractivity contribution in [2.75, 3.05) is 12.9 Å². The lowest BCUT2D eigenvalue weighted by atomic mass is 10.3. The standard InChI is InChI=1S/C16H16N4O2S/c1-3-4-10-23-16-18-17-14-15(21)19(8-9-20(14)16)12-6-5-7-13(11-12)22-2/h3,5-9,11H,1,4,10H2,2H3. The van der Waals surface area contributed by atoms with E-state index in [9.17, 15) is 4.79 Å². The van der Waals surface area contributed by atoms with E-state index >= 15 is 0 Å². The molecule has 0 N–H and O–H groups in total. The lowest BCUT2D eigenvalue weighted by Gasteiger charge is -2.08. The summed E-state index contributed by atoms with van der Waals surface area (Å²) in [5, 5.41) is 8.83. The molecule has 2 aromatic heterocycles. The second-order valence-corrected chi connectivity index (χ2v) is 5.84. The van der Waals surface area contributed by atoms with Crippen molar-refractivity contribution >= 4 is 17.4 Å². The van der Waals surface area contributed by atoms with Gasteiger partial charge in [0.15, 0.2) is 5.16 Å². The molecule has 3 aromatic rings. The van der Waals surface area contributed by atoms with Crippen molar-refractivity contribution in [2.24, 2.45) is 0 Å². The Morgan fingerprint density at radius 3 is 3.00 bits per heavy atom. The van der Waals surface area contributed by atoms with Crippen molar-refractivity contribution in [3.05, 3.63) is 59.7 Å². The number of methoxy groups -OCH3 is 1. The summed E-state index contributed by atoms with van der Waals surface area (Å²) in [4.78, 5) is 12.6. The van der Waals surface area contributed by atoms with E-state index in [2.05, 4.69) is 16.8 Å². The first-order valence-corrected chi connectivity index (χ1v) is 8.07. The highest BCUT2D eigenvalue weighted by atomic mass is 32.2. The van der Waals surface area contributed by atoms with Crippen LogP contribution in [0.25, 0.3) is 11.3 Å². The van der Waals surface area contributed by atoms with Gasteiger partial charge >= 0.3 is 5.56 Å². The lowest BCUT2D eigenvalue weighted by molar-refractivity contribution is 0.414. The number of thioether (sulfide) groups is 1. The number of nitrogens with zero attached hydrogens (tertiary/aromatic N) is 4. The molecule has 0 fully saturated rings. The van der Waals surface area contributed by atoms with E-state index in [1.807, 2.05) is 24.3 Å². The van der Waals surface area contributed by atoms with Crippen LogP contribution < -0.4 is 10.3 Å². The summed E-state index contributed by atoms with van der Waals surface area (Å²) in [7, 11) is 1.59. The fraction of sp³-hybridized carbons (Fsp3) is 0.188. The number of fused-ring (bicyclic) bond motifs is 1. The molecule has 0 atom stereocenters. The number of rotatable bonds is 6. The Kier molecular flexibility index (Phi) is 4.47. The average molecular weight is 328 g/mol. The molecule has 1 aromatic carbocycles. The predicted octanol–water partition coefficient (Wildman–Crippen LogP) is 2.56. The van der Waals surface area contributed by atoms with Crippen molar-refractivity contribution in [3.8, 4) is 11.4 Å². The molecule has 0 aliphatic carbocycles. The molecule has 0 aliphatic heterocycles. The number of ether oxygens (including phenoxy) is 1. The third-order valence-electron chi connectivity index (χ3n) is 3.32. The predicted molar refractivity (Wildman–Crippen MR) is 90.7 cm³/mol. The van der Waals surface area contributed by atoms with Gasteiger partial charge in [-0.15, -0.1) is 16.8 Å². The summed E-state index contributed by atoms with van der Waals surface area (Å²) in [5.41, 5.74) is 0.806. The van der Waals surface area contributed by atoms with E-state index in [1.54, 1.807) is 41.7 Å². The topological polar surface area (TPSA) is 61.4 Å². The molecular weight excluding hydrogens is 312 g/mol. The molecule has 23 heavy (non-hydrogen) atoms. The summed E-state index contributed by atoms with van der Waals surface area (Å²) >= 11 is 1.55. The number of hydrogen-bond acceptors (Lipinski definition) is 5.